The zero-order chi connectivity index (χ0) is 14.1. The SMILES string of the molecule is Cc1cc(-c2nc(CNC3CC3)cc(=O)[nH]2)cc(C)n1. The van der Waals surface area contributed by atoms with Crippen LogP contribution in [0.15, 0.2) is 23.0 Å². The molecule has 104 valence electrons. The monoisotopic (exact) mass is 270 g/mol. The lowest BCUT2D eigenvalue weighted by Gasteiger charge is -2.07. The van der Waals surface area contributed by atoms with Gasteiger partial charge in [-0.15, -0.1) is 0 Å². The Kier molecular flexibility index (Phi) is 3.36. The van der Waals surface area contributed by atoms with E-state index in [1.165, 1.54) is 12.8 Å². The number of pyridine rings is 1. The van der Waals surface area contributed by atoms with E-state index in [4.69, 9.17) is 0 Å². The van der Waals surface area contributed by atoms with Gasteiger partial charge in [-0.25, -0.2) is 4.98 Å². The molecule has 5 nitrogen and oxygen atoms in total. The summed E-state index contributed by atoms with van der Waals surface area (Å²) < 4.78 is 0. The van der Waals surface area contributed by atoms with E-state index in [2.05, 4.69) is 20.3 Å². The van der Waals surface area contributed by atoms with Crippen LogP contribution < -0.4 is 10.9 Å². The van der Waals surface area contributed by atoms with Crippen molar-refractivity contribution in [2.24, 2.45) is 0 Å². The second kappa shape index (κ2) is 5.17. The van der Waals surface area contributed by atoms with Crippen LogP contribution in [0.4, 0.5) is 0 Å². The summed E-state index contributed by atoms with van der Waals surface area (Å²) >= 11 is 0. The van der Waals surface area contributed by atoms with Crippen molar-refractivity contribution in [3.8, 4) is 11.4 Å². The maximum absolute atomic E-state index is 11.8. The third kappa shape index (κ3) is 3.11. The first-order valence-corrected chi connectivity index (χ1v) is 6.89. The van der Waals surface area contributed by atoms with Crippen LogP contribution in [0, 0.1) is 13.8 Å². The minimum Gasteiger partial charge on any atom is -0.308 e. The Morgan fingerprint density at radius 3 is 2.55 bits per heavy atom. The van der Waals surface area contributed by atoms with Crippen molar-refractivity contribution >= 4 is 0 Å². The fourth-order valence-corrected chi connectivity index (χ4v) is 2.24. The highest BCUT2D eigenvalue weighted by Crippen LogP contribution is 2.19. The number of H-pyrrole nitrogens is 1. The number of rotatable bonds is 4. The molecule has 2 aromatic heterocycles. The quantitative estimate of drug-likeness (QED) is 0.887. The molecule has 5 heteroatoms. The highest BCUT2D eigenvalue weighted by Gasteiger charge is 2.20. The molecule has 0 unspecified atom stereocenters. The van der Waals surface area contributed by atoms with E-state index in [9.17, 15) is 4.79 Å². The number of aromatic nitrogens is 3. The number of nitrogens with one attached hydrogen (secondary N) is 2. The molecule has 0 spiro atoms. The fraction of sp³-hybridized carbons (Fsp3) is 0.400. The van der Waals surface area contributed by atoms with Gasteiger partial charge in [-0.3, -0.25) is 9.78 Å². The van der Waals surface area contributed by atoms with Gasteiger partial charge in [0, 0.05) is 35.6 Å². The van der Waals surface area contributed by atoms with Crippen molar-refractivity contribution in [1.82, 2.24) is 20.3 Å². The lowest BCUT2D eigenvalue weighted by molar-refractivity contribution is 0.672. The molecule has 2 N–H and O–H groups in total. The lowest BCUT2D eigenvalue weighted by Crippen LogP contribution is -2.19. The zero-order valence-electron chi connectivity index (χ0n) is 11.7. The predicted octanol–water partition coefficient (Wildman–Crippen LogP) is 1.70. The maximum atomic E-state index is 11.8. The maximum Gasteiger partial charge on any atom is 0.251 e. The van der Waals surface area contributed by atoms with Gasteiger partial charge in [-0.05, 0) is 38.8 Å². The van der Waals surface area contributed by atoms with Gasteiger partial charge in [-0.1, -0.05) is 0 Å². The Hall–Kier alpha value is -2.01. The molecule has 3 rings (SSSR count). The van der Waals surface area contributed by atoms with Crippen LogP contribution in [0.25, 0.3) is 11.4 Å². The smallest absolute Gasteiger partial charge is 0.251 e. The Labute approximate surface area is 117 Å². The van der Waals surface area contributed by atoms with E-state index >= 15 is 0 Å². The van der Waals surface area contributed by atoms with Crippen LogP contribution in [-0.2, 0) is 6.54 Å². The largest absolute Gasteiger partial charge is 0.308 e. The van der Waals surface area contributed by atoms with Crippen molar-refractivity contribution in [2.45, 2.75) is 39.3 Å². The molecule has 0 saturated heterocycles. The second-order valence-electron chi connectivity index (χ2n) is 5.38. The van der Waals surface area contributed by atoms with Crippen molar-refractivity contribution < 1.29 is 0 Å². The van der Waals surface area contributed by atoms with E-state index in [1.807, 2.05) is 26.0 Å². The molecule has 20 heavy (non-hydrogen) atoms. The van der Waals surface area contributed by atoms with Crippen LogP contribution in [0.1, 0.15) is 29.9 Å². The topological polar surface area (TPSA) is 70.7 Å². The standard InChI is InChI=1S/C15H18N4O/c1-9-5-11(6-10(2)17-9)15-18-13(7-14(20)19-15)8-16-12-3-4-12/h5-7,12,16H,3-4,8H2,1-2H3,(H,18,19,20). The second-order valence-corrected chi connectivity index (χ2v) is 5.38. The third-order valence-corrected chi connectivity index (χ3v) is 3.30. The Morgan fingerprint density at radius 1 is 1.20 bits per heavy atom. The minimum absolute atomic E-state index is 0.116. The zero-order valence-corrected chi connectivity index (χ0v) is 11.7. The fourth-order valence-electron chi connectivity index (χ4n) is 2.24. The van der Waals surface area contributed by atoms with Crippen LogP contribution >= 0.6 is 0 Å². The van der Waals surface area contributed by atoms with E-state index in [0.29, 0.717) is 18.4 Å². The molecule has 0 aromatic carbocycles. The van der Waals surface area contributed by atoms with Gasteiger partial charge in [0.05, 0.1) is 5.69 Å². The van der Waals surface area contributed by atoms with E-state index < -0.39 is 0 Å². The molecule has 0 aliphatic heterocycles. The van der Waals surface area contributed by atoms with Gasteiger partial charge in [0.25, 0.3) is 5.56 Å². The van der Waals surface area contributed by atoms with Crippen LogP contribution in [0.2, 0.25) is 0 Å². The van der Waals surface area contributed by atoms with Crippen LogP contribution in [0.3, 0.4) is 0 Å². The molecule has 0 atom stereocenters. The van der Waals surface area contributed by atoms with Crippen molar-refractivity contribution in [1.29, 1.82) is 0 Å². The van der Waals surface area contributed by atoms with Crippen molar-refractivity contribution in [2.75, 3.05) is 0 Å². The average Bonchev–Trinajstić information content (AvgIpc) is 3.18. The summed E-state index contributed by atoms with van der Waals surface area (Å²) in [5.41, 5.74) is 3.41. The molecule has 0 bridgehead atoms. The summed E-state index contributed by atoms with van der Waals surface area (Å²) in [7, 11) is 0. The Balaban J connectivity index is 1.93. The summed E-state index contributed by atoms with van der Waals surface area (Å²) in [6.07, 6.45) is 2.44. The molecule has 0 radical (unpaired) electrons. The number of aryl methyl sites for hydroxylation is 2. The molecular formula is C15H18N4O. The number of nitrogens with zero attached hydrogens (tertiary/aromatic N) is 2. The molecular weight excluding hydrogens is 252 g/mol. The van der Waals surface area contributed by atoms with Gasteiger partial charge >= 0.3 is 0 Å². The van der Waals surface area contributed by atoms with Gasteiger partial charge in [0.15, 0.2) is 0 Å². The highest BCUT2D eigenvalue weighted by molar-refractivity contribution is 5.55. The van der Waals surface area contributed by atoms with E-state index in [-0.39, 0.29) is 5.56 Å². The first kappa shape index (κ1) is 13.0. The van der Waals surface area contributed by atoms with Crippen molar-refractivity contribution in [3.05, 3.63) is 45.6 Å². The normalized spacial score (nSPS) is 14.5. The summed E-state index contributed by atoms with van der Waals surface area (Å²) in [4.78, 5) is 23.5. The summed E-state index contributed by atoms with van der Waals surface area (Å²) in [5, 5.41) is 3.37. The van der Waals surface area contributed by atoms with E-state index in [1.54, 1.807) is 6.07 Å². The number of hydrogen-bond donors (Lipinski definition) is 2. The number of aromatic amines is 1. The predicted molar refractivity (Wildman–Crippen MR) is 77.4 cm³/mol. The van der Waals surface area contributed by atoms with E-state index in [0.717, 1.165) is 22.6 Å². The molecule has 1 saturated carbocycles. The van der Waals surface area contributed by atoms with Gasteiger partial charge in [0.1, 0.15) is 5.82 Å². The highest BCUT2D eigenvalue weighted by atomic mass is 16.1. The third-order valence-electron chi connectivity index (χ3n) is 3.30. The Morgan fingerprint density at radius 2 is 1.90 bits per heavy atom. The summed E-state index contributed by atoms with van der Waals surface area (Å²) in [6, 6.07) is 6.02. The van der Waals surface area contributed by atoms with Crippen LogP contribution in [-0.4, -0.2) is 21.0 Å². The molecule has 1 fully saturated rings. The number of hydrogen-bond acceptors (Lipinski definition) is 4. The summed E-state index contributed by atoms with van der Waals surface area (Å²) in [6.45, 7) is 4.52. The average molecular weight is 270 g/mol. The Bertz CT molecular complexity index is 668. The molecule has 1 aliphatic rings. The minimum atomic E-state index is -0.116. The van der Waals surface area contributed by atoms with Gasteiger partial charge in [-0.2, -0.15) is 0 Å². The lowest BCUT2D eigenvalue weighted by atomic mass is 10.2. The molecule has 1 aliphatic carbocycles. The first-order valence-electron chi connectivity index (χ1n) is 6.89. The van der Waals surface area contributed by atoms with Gasteiger partial charge in [0.2, 0.25) is 0 Å². The molecule has 2 aromatic rings. The summed E-state index contributed by atoms with van der Waals surface area (Å²) in [5.74, 6) is 0.610. The van der Waals surface area contributed by atoms with Crippen molar-refractivity contribution in [3.63, 3.8) is 0 Å². The molecule has 0 amide bonds. The first-order chi connectivity index (χ1) is 9.60. The van der Waals surface area contributed by atoms with Crippen LogP contribution in [0.5, 0.6) is 0 Å². The van der Waals surface area contributed by atoms with Gasteiger partial charge < -0.3 is 10.3 Å². The molecule has 2 heterocycles.